The summed E-state index contributed by atoms with van der Waals surface area (Å²) in [7, 11) is 0. The molecule has 0 spiro atoms. The van der Waals surface area contributed by atoms with Gasteiger partial charge in [-0.3, -0.25) is 4.79 Å². The van der Waals surface area contributed by atoms with Crippen LogP contribution in [0.25, 0.3) is 0 Å². The minimum Gasteiger partial charge on any atom is -0.319 e. The van der Waals surface area contributed by atoms with Crippen molar-refractivity contribution in [1.29, 1.82) is 0 Å². The zero-order valence-electron chi connectivity index (χ0n) is 13.8. The van der Waals surface area contributed by atoms with Crippen molar-refractivity contribution in [2.45, 2.75) is 12.5 Å². The number of benzene rings is 1. The summed E-state index contributed by atoms with van der Waals surface area (Å²) >= 11 is 3.43. The van der Waals surface area contributed by atoms with Gasteiger partial charge in [-0.2, -0.15) is 0 Å². The van der Waals surface area contributed by atoms with Gasteiger partial charge < -0.3 is 10.2 Å². The fourth-order valence-corrected chi connectivity index (χ4v) is 5.27. The van der Waals surface area contributed by atoms with Crippen LogP contribution in [0.5, 0.6) is 0 Å². The summed E-state index contributed by atoms with van der Waals surface area (Å²) in [6, 6.07) is 9.40. The normalized spacial score (nSPS) is 19.2. The molecule has 1 unspecified atom stereocenters. The number of carbonyl (C=O) groups excluding carboxylic acids is 1. The van der Waals surface area contributed by atoms with E-state index in [0.717, 1.165) is 36.1 Å². The molecule has 2 atom stereocenters. The van der Waals surface area contributed by atoms with Crippen LogP contribution < -0.4 is 10.2 Å². The van der Waals surface area contributed by atoms with Crippen molar-refractivity contribution in [2.75, 3.05) is 18.4 Å². The largest absolute Gasteiger partial charge is 0.319 e. The molecular formula is C19H17F2N2OS2+. The lowest BCUT2D eigenvalue weighted by Crippen LogP contribution is -3.14. The number of carbonyl (C=O) groups is 1. The number of anilines is 1. The zero-order chi connectivity index (χ0) is 18.1. The van der Waals surface area contributed by atoms with Crippen molar-refractivity contribution in [1.82, 2.24) is 0 Å². The minimum atomic E-state index is -0.636. The predicted molar refractivity (Wildman–Crippen MR) is 99.9 cm³/mol. The van der Waals surface area contributed by atoms with Gasteiger partial charge in [-0.15, -0.1) is 22.7 Å². The SMILES string of the molecule is O=C(C[NH+]1CCc2sccc2[C@H]1c1cccs1)Nc1cc(F)ccc1F. The molecule has 3 aromatic rings. The second-order valence-electron chi connectivity index (χ2n) is 6.25. The van der Waals surface area contributed by atoms with Crippen LogP contribution in [0, 0.1) is 11.6 Å². The number of quaternary nitrogens is 1. The van der Waals surface area contributed by atoms with Gasteiger partial charge in [-0.25, -0.2) is 8.78 Å². The topological polar surface area (TPSA) is 33.5 Å². The fourth-order valence-electron chi connectivity index (χ4n) is 3.44. The monoisotopic (exact) mass is 391 g/mol. The van der Waals surface area contributed by atoms with Crippen LogP contribution >= 0.6 is 22.7 Å². The minimum absolute atomic E-state index is 0.105. The Morgan fingerprint density at radius 1 is 1.19 bits per heavy atom. The molecule has 3 nitrogen and oxygen atoms in total. The van der Waals surface area contributed by atoms with E-state index in [1.165, 1.54) is 15.3 Å². The number of nitrogens with one attached hydrogen (secondary N) is 2. The third-order valence-corrected chi connectivity index (χ3v) is 6.52. The molecule has 0 fully saturated rings. The van der Waals surface area contributed by atoms with Gasteiger partial charge in [0.2, 0.25) is 0 Å². The molecule has 1 aliphatic heterocycles. The first-order valence-electron chi connectivity index (χ1n) is 8.31. The molecule has 0 radical (unpaired) electrons. The Balaban J connectivity index is 1.55. The molecular weight excluding hydrogens is 374 g/mol. The Morgan fingerprint density at radius 2 is 2.08 bits per heavy atom. The first-order valence-corrected chi connectivity index (χ1v) is 10.1. The van der Waals surface area contributed by atoms with Crippen LogP contribution in [-0.2, 0) is 11.2 Å². The van der Waals surface area contributed by atoms with Crippen LogP contribution in [0.1, 0.15) is 21.4 Å². The van der Waals surface area contributed by atoms with Crippen LogP contribution in [0.4, 0.5) is 14.5 Å². The first-order chi connectivity index (χ1) is 12.6. The van der Waals surface area contributed by atoms with Crippen molar-refractivity contribution >= 4 is 34.3 Å². The van der Waals surface area contributed by atoms with E-state index < -0.39 is 11.6 Å². The highest BCUT2D eigenvalue weighted by molar-refractivity contribution is 7.10. The maximum atomic E-state index is 13.8. The summed E-state index contributed by atoms with van der Waals surface area (Å²) in [5.41, 5.74) is 1.15. The Kier molecular flexibility index (Phi) is 4.84. The van der Waals surface area contributed by atoms with E-state index in [1.54, 1.807) is 22.7 Å². The molecule has 1 amide bonds. The molecule has 7 heteroatoms. The molecule has 1 aliphatic rings. The number of thiophene rings is 2. The number of hydrogen-bond donors (Lipinski definition) is 2. The Labute approximate surface area is 157 Å². The van der Waals surface area contributed by atoms with Crippen LogP contribution in [0.2, 0.25) is 0 Å². The van der Waals surface area contributed by atoms with Gasteiger partial charge in [0.1, 0.15) is 17.7 Å². The molecule has 2 aromatic heterocycles. The number of halogens is 2. The molecule has 26 heavy (non-hydrogen) atoms. The van der Waals surface area contributed by atoms with Gasteiger partial charge in [0.15, 0.2) is 6.54 Å². The summed E-state index contributed by atoms with van der Waals surface area (Å²) in [6.45, 7) is 1.03. The summed E-state index contributed by atoms with van der Waals surface area (Å²) in [5, 5.41) is 6.64. The second-order valence-corrected chi connectivity index (χ2v) is 8.23. The van der Waals surface area contributed by atoms with E-state index >= 15 is 0 Å². The summed E-state index contributed by atoms with van der Waals surface area (Å²) in [5.74, 6) is -1.53. The average molecular weight is 391 g/mol. The molecule has 1 aromatic carbocycles. The maximum Gasteiger partial charge on any atom is 0.279 e. The quantitative estimate of drug-likeness (QED) is 0.703. The number of rotatable bonds is 4. The van der Waals surface area contributed by atoms with Crippen molar-refractivity contribution < 1.29 is 18.5 Å². The highest BCUT2D eigenvalue weighted by atomic mass is 32.1. The highest BCUT2D eigenvalue weighted by Crippen LogP contribution is 2.31. The first kappa shape index (κ1) is 17.3. The molecule has 0 saturated heterocycles. The lowest BCUT2D eigenvalue weighted by molar-refractivity contribution is -0.919. The average Bonchev–Trinajstić information content (AvgIpc) is 3.29. The summed E-state index contributed by atoms with van der Waals surface area (Å²) in [4.78, 5) is 16.2. The van der Waals surface area contributed by atoms with E-state index in [0.29, 0.717) is 0 Å². The van der Waals surface area contributed by atoms with Gasteiger partial charge in [-0.05, 0) is 35.0 Å². The van der Waals surface area contributed by atoms with E-state index in [2.05, 4.69) is 22.8 Å². The Morgan fingerprint density at radius 3 is 2.88 bits per heavy atom. The predicted octanol–water partition coefficient (Wildman–Crippen LogP) is 3.26. The Bertz CT molecular complexity index is 924. The molecule has 0 saturated carbocycles. The number of hydrogen-bond acceptors (Lipinski definition) is 3. The standard InChI is InChI=1S/C19H16F2N2OS2/c20-12-3-4-14(21)15(10-12)22-18(24)11-23-7-5-16-13(6-9-26-16)19(23)17-2-1-8-25-17/h1-4,6,8-10,19H,5,7,11H2,(H,22,24)/p+1/t19-/m0/s1. The van der Waals surface area contributed by atoms with E-state index in [1.807, 2.05) is 11.4 Å². The third kappa shape index (κ3) is 3.42. The van der Waals surface area contributed by atoms with Gasteiger partial charge in [0.05, 0.1) is 17.1 Å². The van der Waals surface area contributed by atoms with Crippen LogP contribution in [0.3, 0.4) is 0 Å². The molecule has 2 N–H and O–H groups in total. The molecule has 0 bridgehead atoms. The van der Waals surface area contributed by atoms with Gasteiger partial charge >= 0.3 is 0 Å². The number of amides is 1. The maximum absolute atomic E-state index is 13.8. The highest BCUT2D eigenvalue weighted by Gasteiger charge is 2.35. The van der Waals surface area contributed by atoms with Gasteiger partial charge in [0, 0.05) is 22.9 Å². The van der Waals surface area contributed by atoms with Gasteiger partial charge in [0.25, 0.3) is 5.91 Å². The smallest absolute Gasteiger partial charge is 0.279 e. The van der Waals surface area contributed by atoms with E-state index in [4.69, 9.17) is 0 Å². The van der Waals surface area contributed by atoms with Crippen LogP contribution in [-0.4, -0.2) is 19.0 Å². The van der Waals surface area contributed by atoms with E-state index in [9.17, 15) is 13.6 Å². The van der Waals surface area contributed by atoms with Crippen molar-refractivity contribution in [2.24, 2.45) is 0 Å². The van der Waals surface area contributed by atoms with Gasteiger partial charge in [-0.1, -0.05) is 6.07 Å². The van der Waals surface area contributed by atoms with Crippen molar-refractivity contribution in [3.8, 4) is 0 Å². The van der Waals surface area contributed by atoms with Crippen molar-refractivity contribution in [3.63, 3.8) is 0 Å². The fraction of sp³-hybridized carbons (Fsp3) is 0.211. The summed E-state index contributed by atoms with van der Waals surface area (Å²) < 4.78 is 27.1. The Hall–Kier alpha value is -2.09. The number of fused-ring (bicyclic) bond motifs is 1. The lowest BCUT2D eigenvalue weighted by atomic mass is 9.98. The lowest BCUT2D eigenvalue weighted by Gasteiger charge is -2.31. The zero-order valence-corrected chi connectivity index (χ0v) is 15.4. The summed E-state index contributed by atoms with van der Waals surface area (Å²) in [6.07, 6.45) is 0.922. The van der Waals surface area contributed by atoms with Crippen molar-refractivity contribution in [3.05, 3.63) is 74.1 Å². The molecule has 4 rings (SSSR count). The molecule has 3 heterocycles. The van der Waals surface area contributed by atoms with E-state index in [-0.39, 0.29) is 24.2 Å². The molecule has 0 aliphatic carbocycles. The third-order valence-electron chi connectivity index (χ3n) is 4.59. The van der Waals surface area contributed by atoms with Crippen LogP contribution in [0.15, 0.2) is 47.2 Å². The second kappa shape index (κ2) is 7.26. The molecule has 134 valence electrons.